The van der Waals surface area contributed by atoms with Gasteiger partial charge in [0.15, 0.2) is 17.5 Å². The predicted molar refractivity (Wildman–Crippen MR) is 214 cm³/mol. The van der Waals surface area contributed by atoms with Crippen LogP contribution in [0.15, 0.2) is 136 Å². The maximum absolute atomic E-state index is 7.04. The van der Waals surface area contributed by atoms with Crippen molar-refractivity contribution in [2.24, 2.45) is 23.7 Å². The second-order valence-corrected chi connectivity index (χ2v) is 16.3. The van der Waals surface area contributed by atoms with E-state index in [-0.39, 0.29) is 5.41 Å². The SMILES string of the molecule is c1ccc(-c2nc(-c3ccc4c(c3)oc3ccccc34)nc(-c3cc4c(oc5ccccc54)c4c3-c3ccccc3C43C4CC5CC(C4)CC3C5)n2)cc1. The number of aromatic nitrogens is 3. The normalized spacial score (nSPS) is 23.6. The number of benzene rings is 6. The molecule has 3 aromatic heterocycles. The number of hydrogen-bond acceptors (Lipinski definition) is 5. The third-order valence-electron chi connectivity index (χ3n) is 13.7. The van der Waals surface area contributed by atoms with Crippen LogP contribution in [0.4, 0.5) is 0 Å². The van der Waals surface area contributed by atoms with E-state index in [9.17, 15) is 0 Å². The van der Waals surface area contributed by atoms with E-state index in [1.807, 2.05) is 30.3 Å². The highest BCUT2D eigenvalue weighted by Gasteiger charge is 2.63. The monoisotopic (exact) mass is 697 g/mol. The maximum atomic E-state index is 7.04. The molecule has 0 amide bonds. The Kier molecular flexibility index (Phi) is 5.74. The first-order chi connectivity index (χ1) is 26.7. The highest BCUT2D eigenvalue weighted by molar-refractivity contribution is 6.13. The van der Waals surface area contributed by atoms with E-state index in [1.165, 1.54) is 54.4 Å². The molecule has 4 fully saturated rings. The van der Waals surface area contributed by atoms with Crippen LogP contribution in [-0.4, -0.2) is 15.0 Å². The molecular weight excluding hydrogens is 663 g/mol. The van der Waals surface area contributed by atoms with Gasteiger partial charge >= 0.3 is 0 Å². The summed E-state index contributed by atoms with van der Waals surface area (Å²) in [5, 5.41) is 4.47. The Morgan fingerprint density at radius 1 is 0.463 bits per heavy atom. The van der Waals surface area contributed by atoms with E-state index in [1.54, 1.807) is 0 Å². The molecule has 0 atom stereocenters. The largest absolute Gasteiger partial charge is 0.456 e. The average molecular weight is 698 g/mol. The minimum Gasteiger partial charge on any atom is -0.456 e. The topological polar surface area (TPSA) is 65.0 Å². The van der Waals surface area contributed by atoms with E-state index in [0.29, 0.717) is 29.3 Å². The van der Waals surface area contributed by atoms with Gasteiger partial charge in [-0.2, -0.15) is 0 Å². The molecule has 3 heterocycles. The number of furan rings is 2. The van der Waals surface area contributed by atoms with Crippen molar-refractivity contribution in [1.82, 2.24) is 15.0 Å². The lowest BCUT2D eigenvalue weighted by molar-refractivity contribution is -0.0396. The Morgan fingerprint density at radius 3 is 1.85 bits per heavy atom. The van der Waals surface area contributed by atoms with E-state index in [2.05, 4.69) is 97.1 Å². The van der Waals surface area contributed by atoms with Gasteiger partial charge in [0.05, 0.1) is 0 Å². The summed E-state index contributed by atoms with van der Waals surface area (Å²) >= 11 is 0. The van der Waals surface area contributed by atoms with Gasteiger partial charge in [-0.1, -0.05) is 97.1 Å². The summed E-state index contributed by atoms with van der Waals surface area (Å²) in [5.74, 6) is 4.83. The molecular formula is C49H35N3O2. The summed E-state index contributed by atoms with van der Waals surface area (Å²) < 4.78 is 13.4. The van der Waals surface area contributed by atoms with Gasteiger partial charge in [0.25, 0.3) is 0 Å². The maximum Gasteiger partial charge on any atom is 0.164 e. The highest BCUT2D eigenvalue weighted by Crippen LogP contribution is 2.71. The van der Waals surface area contributed by atoms with Crippen LogP contribution >= 0.6 is 0 Å². The summed E-state index contributed by atoms with van der Waals surface area (Å²) in [6, 6.07) is 45.0. The molecule has 0 N–H and O–H groups in total. The van der Waals surface area contributed by atoms with Gasteiger partial charge in [0, 0.05) is 54.8 Å². The van der Waals surface area contributed by atoms with Gasteiger partial charge in [-0.3, -0.25) is 0 Å². The van der Waals surface area contributed by atoms with Crippen molar-refractivity contribution in [2.75, 3.05) is 0 Å². The Balaban J connectivity index is 1.13. The molecule has 0 unspecified atom stereocenters. The van der Waals surface area contributed by atoms with E-state index < -0.39 is 0 Å². The molecule has 54 heavy (non-hydrogen) atoms. The van der Waals surface area contributed by atoms with Gasteiger partial charge in [-0.25, -0.2) is 15.0 Å². The molecule has 0 radical (unpaired) electrons. The van der Waals surface area contributed by atoms with Crippen LogP contribution in [0.1, 0.15) is 43.2 Å². The Labute approximate surface area is 311 Å². The fourth-order valence-electron chi connectivity index (χ4n) is 11.9. The van der Waals surface area contributed by atoms with Crippen molar-refractivity contribution in [3.63, 3.8) is 0 Å². The fraction of sp³-hybridized carbons (Fsp3) is 0.204. The Morgan fingerprint density at radius 2 is 1.07 bits per heavy atom. The smallest absolute Gasteiger partial charge is 0.164 e. The highest BCUT2D eigenvalue weighted by atomic mass is 16.3. The number of rotatable bonds is 3. The molecule has 5 aliphatic rings. The van der Waals surface area contributed by atoms with Gasteiger partial charge in [0.2, 0.25) is 0 Å². The van der Waals surface area contributed by atoms with Gasteiger partial charge < -0.3 is 8.83 Å². The van der Waals surface area contributed by atoms with Crippen molar-refractivity contribution in [1.29, 1.82) is 0 Å². The number of hydrogen-bond donors (Lipinski definition) is 0. The summed E-state index contributed by atoms with van der Waals surface area (Å²) in [7, 11) is 0. The molecule has 14 rings (SSSR count). The zero-order chi connectivity index (χ0) is 35.1. The minimum atomic E-state index is -0.0913. The lowest BCUT2D eigenvalue weighted by atomic mass is 9.43. The molecule has 0 aliphatic heterocycles. The lowest BCUT2D eigenvalue weighted by Crippen LogP contribution is -2.55. The average Bonchev–Trinajstić information content (AvgIpc) is 3.88. The first-order valence-corrected chi connectivity index (χ1v) is 19.5. The standard InChI is InChI=1S/C49H35N3O2/c1-2-10-29(11-3-1)46-50-47(30-18-19-35-33-12-5-8-16-40(33)53-42(35)25-30)52-48(51-46)38-26-37-34-13-6-9-17-41(34)54-45(37)44-43(38)36-14-4-7-15-39(36)49(44)31-21-27-20-28(23-31)24-32(49)22-27/h1-19,25-28,31-32H,20-24H2. The van der Waals surface area contributed by atoms with Crippen molar-refractivity contribution < 1.29 is 8.83 Å². The van der Waals surface area contributed by atoms with Crippen LogP contribution in [0.2, 0.25) is 0 Å². The van der Waals surface area contributed by atoms with E-state index >= 15 is 0 Å². The van der Waals surface area contributed by atoms with Crippen LogP contribution < -0.4 is 0 Å². The molecule has 6 aromatic carbocycles. The fourth-order valence-corrected chi connectivity index (χ4v) is 11.9. The number of para-hydroxylation sites is 2. The Bertz CT molecular complexity index is 3000. The zero-order valence-corrected chi connectivity index (χ0v) is 29.6. The summed E-state index contributed by atoms with van der Waals surface area (Å²) in [4.78, 5) is 15.9. The van der Waals surface area contributed by atoms with Crippen molar-refractivity contribution in [3.05, 3.63) is 139 Å². The van der Waals surface area contributed by atoms with E-state index in [4.69, 9.17) is 23.8 Å². The van der Waals surface area contributed by atoms with Gasteiger partial charge in [-0.05, 0) is 97.2 Å². The summed E-state index contributed by atoms with van der Waals surface area (Å²) in [6.45, 7) is 0. The van der Waals surface area contributed by atoms with Crippen molar-refractivity contribution >= 4 is 43.9 Å². The predicted octanol–water partition coefficient (Wildman–Crippen LogP) is 12.4. The third kappa shape index (κ3) is 3.81. The molecule has 1 spiro atoms. The van der Waals surface area contributed by atoms with Gasteiger partial charge in [0.1, 0.15) is 22.3 Å². The van der Waals surface area contributed by atoms with Crippen LogP contribution in [0.3, 0.4) is 0 Å². The zero-order valence-electron chi connectivity index (χ0n) is 29.6. The molecule has 0 saturated heterocycles. The molecule has 5 heteroatoms. The van der Waals surface area contributed by atoms with Crippen molar-refractivity contribution in [3.8, 4) is 45.3 Å². The second-order valence-electron chi connectivity index (χ2n) is 16.3. The minimum absolute atomic E-state index is 0.0913. The number of fused-ring (bicyclic) bond motifs is 10. The van der Waals surface area contributed by atoms with Crippen LogP contribution in [0.25, 0.3) is 89.2 Å². The molecule has 4 bridgehead atoms. The first kappa shape index (κ1) is 29.4. The van der Waals surface area contributed by atoms with Crippen molar-refractivity contribution in [2.45, 2.75) is 37.5 Å². The first-order valence-electron chi connectivity index (χ1n) is 19.5. The van der Waals surface area contributed by atoms with Crippen LogP contribution in [-0.2, 0) is 5.41 Å². The lowest BCUT2D eigenvalue weighted by Gasteiger charge is -2.61. The molecule has 9 aromatic rings. The molecule has 5 nitrogen and oxygen atoms in total. The summed E-state index contributed by atoms with van der Waals surface area (Å²) in [5.41, 5.74) is 11.9. The quantitative estimate of drug-likeness (QED) is 0.184. The molecule has 5 aliphatic carbocycles. The second kappa shape index (κ2) is 10.5. The molecule has 258 valence electrons. The Hall–Kier alpha value is -6.07. The van der Waals surface area contributed by atoms with E-state index in [0.717, 1.165) is 72.4 Å². The van der Waals surface area contributed by atoms with Crippen LogP contribution in [0.5, 0.6) is 0 Å². The van der Waals surface area contributed by atoms with Gasteiger partial charge in [-0.15, -0.1) is 0 Å². The molecule has 4 saturated carbocycles. The number of nitrogens with zero attached hydrogens (tertiary/aromatic N) is 3. The summed E-state index contributed by atoms with van der Waals surface area (Å²) in [6.07, 6.45) is 6.60. The third-order valence-corrected chi connectivity index (χ3v) is 13.7. The van der Waals surface area contributed by atoms with Crippen LogP contribution in [0, 0.1) is 23.7 Å².